The number of pyridine rings is 1. The summed E-state index contributed by atoms with van der Waals surface area (Å²) >= 11 is 6.13. The minimum Gasteiger partial charge on any atom is -0.486 e. The molecular formula is C16H14ClN3O5. The second-order valence-electron chi connectivity index (χ2n) is 5.08. The van der Waals surface area contributed by atoms with Gasteiger partial charge in [-0.25, -0.2) is 4.98 Å². The zero-order valence-electron chi connectivity index (χ0n) is 13.2. The number of primary amides is 1. The molecule has 0 unspecified atom stereocenters. The van der Waals surface area contributed by atoms with E-state index in [1.807, 2.05) is 0 Å². The van der Waals surface area contributed by atoms with Gasteiger partial charge in [0.05, 0.1) is 24.0 Å². The van der Waals surface area contributed by atoms with E-state index in [1.165, 1.54) is 31.5 Å². The van der Waals surface area contributed by atoms with Gasteiger partial charge in [0, 0.05) is 5.56 Å². The van der Waals surface area contributed by atoms with E-state index < -0.39 is 11.8 Å². The van der Waals surface area contributed by atoms with Gasteiger partial charge >= 0.3 is 0 Å². The van der Waals surface area contributed by atoms with Gasteiger partial charge in [-0.2, -0.15) is 0 Å². The Bertz CT molecular complexity index is 856. The van der Waals surface area contributed by atoms with Gasteiger partial charge in [-0.1, -0.05) is 11.6 Å². The number of nitrogens with zero attached hydrogens (tertiary/aromatic N) is 1. The van der Waals surface area contributed by atoms with Crippen molar-refractivity contribution >= 4 is 29.1 Å². The first kappa shape index (κ1) is 16.8. The standard InChI is InChI=1S/C16H14ClN3O5/c1-23-16-10(14(18)21)6-9(7-19-16)20-15(22)8-4-11(17)13-12(5-8)24-2-3-25-13/h4-7H,2-3H2,1H3,(H2,18,21)(H,20,22). The zero-order valence-corrected chi connectivity index (χ0v) is 13.9. The van der Waals surface area contributed by atoms with Gasteiger partial charge in [-0.15, -0.1) is 0 Å². The first-order valence-electron chi connectivity index (χ1n) is 7.24. The molecular weight excluding hydrogens is 350 g/mol. The third-order valence-corrected chi connectivity index (χ3v) is 3.71. The number of anilines is 1. The highest BCUT2D eigenvalue weighted by Crippen LogP contribution is 2.38. The largest absolute Gasteiger partial charge is 0.486 e. The molecule has 0 radical (unpaired) electrons. The third kappa shape index (κ3) is 3.43. The summed E-state index contributed by atoms with van der Waals surface area (Å²) in [5.41, 5.74) is 5.89. The Morgan fingerprint density at radius 1 is 1.28 bits per heavy atom. The van der Waals surface area contributed by atoms with E-state index in [-0.39, 0.29) is 27.7 Å². The number of rotatable bonds is 4. The predicted molar refractivity (Wildman–Crippen MR) is 89.7 cm³/mol. The van der Waals surface area contributed by atoms with Crippen LogP contribution in [0.2, 0.25) is 5.02 Å². The SMILES string of the molecule is COc1ncc(NC(=O)c2cc(Cl)c3c(c2)OCCO3)cc1C(N)=O. The number of carbonyl (C=O) groups excluding carboxylic acids is 2. The van der Waals surface area contributed by atoms with Crippen LogP contribution >= 0.6 is 11.6 Å². The Labute approximate surface area is 147 Å². The Hall–Kier alpha value is -3.00. The van der Waals surface area contributed by atoms with Gasteiger partial charge in [-0.05, 0) is 18.2 Å². The van der Waals surface area contributed by atoms with E-state index in [0.29, 0.717) is 24.7 Å². The van der Waals surface area contributed by atoms with Crippen LogP contribution < -0.4 is 25.3 Å². The van der Waals surface area contributed by atoms with E-state index in [1.54, 1.807) is 0 Å². The highest BCUT2D eigenvalue weighted by molar-refractivity contribution is 6.32. The van der Waals surface area contributed by atoms with Crippen LogP contribution in [0.5, 0.6) is 17.4 Å². The van der Waals surface area contributed by atoms with Crippen LogP contribution in [0.4, 0.5) is 5.69 Å². The van der Waals surface area contributed by atoms with Crippen molar-refractivity contribution in [3.05, 3.63) is 40.5 Å². The fraction of sp³-hybridized carbons (Fsp3) is 0.188. The van der Waals surface area contributed by atoms with E-state index >= 15 is 0 Å². The summed E-state index contributed by atoms with van der Waals surface area (Å²) in [7, 11) is 1.37. The minimum atomic E-state index is -0.720. The maximum absolute atomic E-state index is 12.4. The van der Waals surface area contributed by atoms with Crippen LogP contribution in [0.3, 0.4) is 0 Å². The molecule has 2 amide bonds. The Balaban J connectivity index is 1.86. The molecule has 0 bridgehead atoms. The summed E-state index contributed by atoms with van der Waals surface area (Å²) in [4.78, 5) is 27.8. The summed E-state index contributed by atoms with van der Waals surface area (Å²) < 4.78 is 15.8. The number of methoxy groups -OCH3 is 1. The van der Waals surface area contributed by atoms with Crippen molar-refractivity contribution in [3.8, 4) is 17.4 Å². The Morgan fingerprint density at radius 2 is 2.04 bits per heavy atom. The molecule has 9 heteroatoms. The second-order valence-corrected chi connectivity index (χ2v) is 5.49. The van der Waals surface area contributed by atoms with Crippen LogP contribution in [0, 0.1) is 0 Å². The smallest absolute Gasteiger partial charge is 0.255 e. The Kier molecular flexibility index (Phi) is 4.62. The summed E-state index contributed by atoms with van der Waals surface area (Å²) in [6.45, 7) is 0.768. The molecule has 0 saturated heterocycles. The maximum atomic E-state index is 12.4. The Morgan fingerprint density at radius 3 is 2.76 bits per heavy atom. The summed E-state index contributed by atoms with van der Waals surface area (Å²) in [5.74, 6) is -0.293. The molecule has 2 heterocycles. The van der Waals surface area contributed by atoms with Crippen molar-refractivity contribution in [3.63, 3.8) is 0 Å². The van der Waals surface area contributed by atoms with Crippen molar-refractivity contribution in [2.45, 2.75) is 0 Å². The van der Waals surface area contributed by atoms with E-state index in [2.05, 4.69) is 10.3 Å². The van der Waals surface area contributed by atoms with Crippen LogP contribution in [0.1, 0.15) is 20.7 Å². The predicted octanol–water partition coefficient (Wildman–Crippen LogP) is 1.87. The van der Waals surface area contributed by atoms with Gasteiger partial charge < -0.3 is 25.3 Å². The quantitative estimate of drug-likeness (QED) is 0.857. The highest BCUT2D eigenvalue weighted by atomic mass is 35.5. The van der Waals surface area contributed by atoms with E-state index in [4.69, 9.17) is 31.5 Å². The average molecular weight is 364 g/mol. The van der Waals surface area contributed by atoms with Crippen molar-refractivity contribution < 1.29 is 23.8 Å². The first-order valence-corrected chi connectivity index (χ1v) is 7.61. The number of fused-ring (bicyclic) bond motifs is 1. The molecule has 0 fully saturated rings. The number of nitrogens with one attached hydrogen (secondary N) is 1. The molecule has 0 aliphatic carbocycles. The molecule has 25 heavy (non-hydrogen) atoms. The van der Waals surface area contributed by atoms with Gasteiger partial charge in [0.15, 0.2) is 11.5 Å². The molecule has 130 valence electrons. The summed E-state index contributed by atoms with van der Waals surface area (Å²) in [5, 5.41) is 2.89. The highest BCUT2D eigenvalue weighted by Gasteiger charge is 2.20. The van der Waals surface area contributed by atoms with E-state index in [0.717, 1.165) is 0 Å². The molecule has 8 nitrogen and oxygen atoms in total. The molecule has 1 aromatic carbocycles. The van der Waals surface area contributed by atoms with Crippen molar-refractivity contribution in [2.24, 2.45) is 5.73 Å². The van der Waals surface area contributed by atoms with Crippen LogP contribution in [0.15, 0.2) is 24.4 Å². The maximum Gasteiger partial charge on any atom is 0.255 e. The lowest BCUT2D eigenvalue weighted by atomic mass is 10.1. The van der Waals surface area contributed by atoms with Gasteiger partial charge in [0.2, 0.25) is 5.88 Å². The van der Waals surface area contributed by atoms with Crippen LogP contribution in [0.25, 0.3) is 0 Å². The normalized spacial score (nSPS) is 12.4. The lowest BCUT2D eigenvalue weighted by Gasteiger charge is -2.20. The fourth-order valence-corrected chi connectivity index (χ4v) is 2.57. The van der Waals surface area contributed by atoms with Crippen LogP contribution in [-0.2, 0) is 0 Å². The molecule has 3 N–H and O–H groups in total. The monoisotopic (exact) mass is 363 g/mol. The number of hydrogen-bond donors (Lipinski definition) is 2. The number of benzene rings is 1. The number of ether oxygens (including phenoxy) is 3. The van der Waals surface area contributed by atoms with Gasteiger partial charge in [0.1, 0.15) is 18.8 Å². The van der Waals surface area contributed by atoms with Gasteiger partial charge in [0.25, 0.3) is 11.8 Å². The minimum absolute atomic E-state index is 0.0560. The van der Waals surface area contributed by atoms with Crippen molar-refractivity contribution in [2.75, 3.05) is 25.6 Å². The number of nitrogens with two attached hydrogens (primary N) is 1. The lowest BCUT2D eigenvalue weighted by molar-refractivity contribution is 0.0992. The lowest BCUT2D eigenvalue weighted by Crippen LogP contribution is -2.18. The van der Waals surface area contributed by atoms with Gasteiger partial charge in [-0.3, -0.25) is 9.59 Å². The number of amides is 2. The van der Waals surface area contributed by atoms with E-state index in [9.17, 15) is 9.59 Å². The van der Waals surface area contributed by atoms with Crippen LogP contribution in [-0.4, -0.2) is 37.1 Å². The molecule has 1 aromatic heterocycles. The summed E-state index contributed by atoms with van der Waals surface area (Å²) in [6, 6.07) is 4.38. The van der Waals surface area contributed by atoms with Crippen molar-refractivity contribution in [1.29, 1.82) is 0 Å². The fourth-order valence-electron chi connectivity index (χ4n) is 2.30. The number of halogens is 1. The molecule has 3 rings (SSSR count). The first-order chi connectivity index (χ1) is 12.0. The number of aromatic nitrogens is 1. The second kappa shape index (κ2) is 6.86. The summed E-state index contributed by atoms with van der Waals surface area (Å²) in [6.07, 6.45) is 1.35. The average Bonchev–Trinajstić information content (AvgIpc) is 2.61. The molecule has 0 atom stereocenters. The number of carbonyl (C=O) groups is 2. The molecule has 0 saturated carbocycles. The molecule has 1 aliphatic heterocycles. The number of hydrogen-bond acceptors (Lipinski definition) is 6. The van der Waals surface area contributed by atoms with Crippen molar-refractivity contribution in [1.82, 2.24) is 4.98 Å². The third-order valence-electron chi connectivity index (χ3n) is 3.43. The topological polar surface area (TPSA) is 113 Å². The molecule has 2 aromatic rings. The zero-order chi connectivity index (χ0) is 18.0. The molecule has 1 aliphatic rings. The molecule has 0 spiro atoms.